The Kier molecular flexibility index (Phi) is 4.71. The van der Waals surface area contributed by atoms with Crippen LogP contribution in [0.1, 0.15) is 32.3 Å². The van der Waals surface area contributed by atoms with E-state index in [-0.39, 0.29) is 16.7 Å². The molecule has 0 radical (unpaired) electrons. The molecule has 0 fully saturated rings. The molecule has 0 spiro atoms. The van der Waals surface area contributed by atoms with Crippen LogP contribution in [0.3, 0.4) is 0 Å². The molecule has 0 unspecified atom stereocenters. The van der Waals surface area contributed by atoms with E-state index in [1.54, 1.807) is 18.2 Å². The maximum atomic E-state index is 12.2. The second-order valence-corrected chi connectivity index (χ2v) is 7.41. The highest BCUT2D eigenvalue weighted by atomic mass is 16.4. The van der Waals surface area contributed by atoms with Crippen LogP contribution in [0.15, 0.2) is 62.3 Å². The molecule has 2 aromatic rings. The summed E-state index contributed by atoms with van der Waals surface area (Å²) < 4.78 is 5.27. The first kappa shape index (κ1) is 18.2. The van der Waals surface area contributed by atoms with Crippen molar-refractivity contribution >= 4 is 17.0 Å². The third-order valence-electron chi connectivity index (χ3n) is 4.48. The summed E-state index contributed by atoms with van der Waals surface area (Å²) in [7, 11) is 0. The lowest BCUT2D eigenvalue weighted by atomic mass is 9.74. The van der Waals surface area contributed by atoms with E-state index in [0.29, 0.717) is 23.0 Å². The Morgan fingerprint density at radius 2 is 1.93 bits per heavy atom. The van der Waals surface area contributed by atoms with Gasteiger partial charge in [0.1, 0.15) is 29.0 Å². The van der Waals surface area contributed by atoms with Crippen molar-refractivity contribution in [3.8, 4) is 17.9 Å². The summed E-state index contributed by atoms with van der Waals surface area (Å²) in [5.74, 6) is 0.0358. The number of phenolic OH excluding ortho intramolecular Hbond substituents is 1. The van der Waals surface area contributed by atoms with Gasteiger partial charge in [0.2, 0.25) is 0 Å². The third kappa shape index (κ3) is 3.99. The molecule has 1 aliphatic rings. The second kappa shape index (κ2) is 6.97. The molecule has 1 aromatic heterocycles. The monoisotopic (exact) mass is 358 g/mol. The zero-order valence-corrected chi connectivity index (χ0v) is 15.1. The SMILES string of the molecule is CC1(C)CC(C=Cc2cc3ccc(O)cc3oc2=O)=CC(=C(C#N)C#N)C1. The minimum absolute atomic E-state index is 0.0358. The zero-order chi connectivity index (χ0) is 19.6. The number of hydrogen-bond donors (Lipinski definition) is 1. The molecule has 0 aliphatic heterocycles. The van der Waals surface area contributed by atoms with Crippen molar-refractivity contribution in [3.63, 3.8) is 0 Å². The number of nitrogens with zero attached hydrogens (tertiary/aromatic N) is 2. The van der Waals surface area contributed by atoms with Crippen molar-refractivity contribution in [1.82, 2.24) is 0 Å². The highest BCUT2D eigenvalue weighted by Gasteiger charge is 2.26. The first-order chi connectivity index (χ1) is 12.8. The van der Waals surface area contributed by atoms with Crippen LogP contribution in [0.25, 0.3) is 17.0 Å². The summed E-state index contributed by atoms with van der Waals surface area (Å²) in [5, 5.41) is 28.5. The Bertz CT molecular complexity index is 1130. The van der Waals surface area contributed by atoms with Crippen LogP contribution in [0.5, 0.6) is 5.75 Å². The maximum absolute atomic E-state index is 12.2. The molecule has 0 saturated carbocycles. The van der Waals surface area contributed by atoms with Gasteiger partial charge in [-0.25, -0.2) is 4.79 Å². The first-order valence-corrected chi connectivity index (χ1v) is 8.50. The fourth-order valence-corrected chi connectivity index (χ4v) is 3.32. The predicted octanol–water partition coefficient (Wildman–Crippen LogP) is 4.60. The van der Waals surface area contributed by atoms with Gasteiger partial charge in [-0.3, -0.25) is 0 Å². The van der Waals surface area contributed by atoms with E-state index in [4.69, 9.17) is 14.9 Å². The van der Waals surface area contributed by atoms with Crippen LogP contribution in [0.4, 0.5) is 0 Å². The van der Waals surface area contributed by atoms with E-state index < -0.39 is 5.63 Å². The fourth-order valence-electron chi connectivity index (χ4n) is 3.32. The van der Waals surface area contributed by atoms with E-state index in [1.807, 2.05) is 24.3 Å². The van der Waals surface area contributed by atoms with Crippen molar-refractivity contribution in [2.75, 3.05) is 0 Å². The average Bonchev–Trinajstić information content (AvgIpc) is 2.60. The van der Waals surface area contributed by atoms with E-state index >= 15 is 0 Å². The van der Waals surface area contributed by atoms with Crippen molar-refractivity contribution < 1.29 is 9.52 Å². The molecule has 1 aliphatic carbocycles. The molecule has 134 valence electrons. The van der Waals surface area contributed by atoms with Gasteiger partial charge in [-0.05, 0) is 53.7 Å². The largest absolute Gasteiger partial charge is 0.508 e. The minimum atomic E-state index is -0.495. The van der Waals surface area contributed by atoms with Crippen LogP contribution in [0, 0.1) is 28.1 Å². The molecule has 1 heterocycles. The molecule has 5 nitrogen and oxygen atoms in total. The Labute approximate surface area is 156 Å². The Balaban J connectivity index is 2.01. The van der Waals surface area contributed by atoms with Crippen molar-refractivity contribution in [2.24, 2.45) is 5.41 Å². The van der Waals surface area contributed by atoms with Gasteiger partial charge >= 0.3 is 5.63 Å². The van der Waals surface area contributed by atoms with Crippen LogP contribution < -0.4 is 5.63 Å². The number of nitriles is 2. The molecule has 0 atom stereocenters. The summed E-state index contributed by atoms with van der Waals surface area (Å²) in [4.78, 5) is 12.2. The minimum Gasteiger partial charge on any atom is -0.508 e. The van der Waals surface area contributed by atoms with Gasteiger partial charge < -0.3 is 9.52 Å². The van der Waals surface area contributed by atoms with Gasteiger partial charge in [0.15, 0.2) is 0 Å². The Morgan fingerprint density at radius 1 is 1.19 bits per heavy atom. The second-order valence-electron chi connectivity index (χ2n) is 7.41. The van der Waals surface area contributed by atoms with Gasteiger partial charge in [0.05, 0.1) is 5.56 Å². The summed E-state index contributed by atoms with van der Waals surface area (Å²) in [6.45, 7) is 4.16. The third-order valence-corrected chi connectivity index (χ3v) is 4.48. The number of hydrogen-bond acceptors (Lipinski definition) is 5. The smallest absolute Gasteiger partial charge is 0.343 e. The van der Waals surface area contributed by atoms with Crippen LogP contribution in [-0.4, -0.2) is 5.11 Å². The number of fused-ring (bicyclic) bond motifs is 1. The lowest BCUT2D eigenvalue weighted by Gasteiger charge is -2.30. The predicted molar refractivity (Wildman–Crippen MR) is 103 cm³/mol. The molecule has 3 rings (SSSR count). The van der Waals surface area contributed by atoms with E-state index in [2.05, 4.69) is 13.8 Å². The standard InChI is InChI=1S/C22H18N2O3/c1-22(2)10-14(7-17(11-22)18(12-23)13-24)3-4-16-8-15-5-6-19(25)9-20(15)27-21(16)26/h3-9,25H,10-11H2,1-2H3. The fraction of sp³-hybridized carbons (Fsp3) is 0.227. The van der Waals surface area contributed by atoms with Gasteiger partial charge in [-0.1, -0.05) is 26.0 Å². The maximum Gasteiger partial charge on any atom is 0.343 e. The van der Waals surface area contributed by atoms with Crippen LogP contribution in [-0.2, 0) is 0 Å². The molecule has 27 heavy (non-hydrogen) atoms. The number of aromatic hydroxyl groups is 1. The molecule has 0 amide bonds. The van der Waals surface area contributed by atoms with E-state index in [1.165, 1.54) is 12.1 Å². The molecular weight excluding hydrogens is 340 g/mol. The highest BCUT2D eigenvalue weighted by Crippen LogP contribution is 2.39. The quantitative estimate of drug-likeness (QED) is 0.625. The van der Waals surface area contributed by atoms with Gasteiger partial charge in [-0.2, -0.15) is 10.5 Å². The summed E-state index contributed by atoms with van der Waals surface area (Å²) >= 11 is 0. The normalized spacial score (nSPS) is 16.0. The molecule has 0 bridgehead atoms. The summed E-state index contributed by atoms with van der Waals surface area (Å²) in [6, 6.07) is 10.2. The van der Waals surface area contributed by atoms with Gasteiger partial charge in [0.25, 0.3) is 0 Å². The lowest BCUT2D eigenvalue weighted by molar-refractivity contribution is 0.354. The Hall–Kier alpha value is -3.57. The number of benzene rings is 1. The van der Waals surface area contributed by atoms with Gasteiger partial charge in [-0.15, -0.1) is 0 Å². The molecule has 0 saturated heterocycles. The first-order valence-electron chi connectivity index (χ1n) is 8.50. The summed E-state index contributed by atoms with van der Waals surface area (Å²) in [5.41, 5.74) is 1.92. The Morgan fingerprint density at radius 3 is 2.63 bits per heavy atom. The van der Waals surface area contributed by atoms with Crippen molar-refractivity contribution in [2.45, 2.75) is 26.7 Å². The average molecular weight is 358 g/mol. The number of allylic oxidation sites excluding steroid dienone is 5. The van der Waals surface area contributed by atoms with Crippen LogP contribution >= 0.6 is 0 Å². The van der Waals surface area contributed by atoms with Crippen molar-refractivity contribution in [3.05, 3.63) is 69.1 Å². The number of rotatable bonds is 2. The topological polar surface area (TPSA) is 98.0 Å². The molecule has 1 aromatic carbocycles. The van der Waals surface area contributed by atoms with Crippen molar-refractivity contribution in [1.29, 1.82) is 10.5 Å². The molecule has 5 heteroatoms. The molecular formula is C22H18N2O3. The van der Waals surface area contributed by atoms with Crippen LogP contribution in [0.2, 0.25) is 0 Å². The lowest BCUT2D eigenvalue weighted by Crippen LogP contribution is -2.17. The zero-order valence-electron chi connectivity index (χ0n) is 15.1. The van der Waals surface area contributed by atoms with E-state index in [0.717, 1.165) is 17.6 Å². The van der Waals surface area contributed by atoms with Gasteiger partial charge in [0, 0.05) is 11.5 Å². The number of phenols is 1. The van der Waals surface area contributed by atoms with E-state index in [9.17, 15) is 9.90 Å². The molecule has 1 N–H and O–H groups in total. The highest BCUT2D eigenvalue weighted by molar-refractivity contribution is 5.80. The summed E-state index contributed by atoms with van der Waals surface area (Å²) in [6.07, 6.45) is 6.78.